The van der Waals surface area contributed by atoms with Gasteiger partial charge < -0.3 is 40.6 Å². The molecule has 3 aromatic heterocycles. The molecule has 25 heteroatoms. The molecule has 7 aromatic rings. The van der Waals surface area contributed by atoms with Gasteiger partial charge in [-0.3, -0.25) is 0 Å². The maximum Gasteiger partial charge on any atom is 0.423 e. The number of hydrogen-bond donors (Lipinski definition) is 5. The molecule has 0 spiro atoms. The Morgan fingerprint density at radius 3 is 1.06 bits per heavy atom. The Labute approximate surface area is 420 Å². The number of nitrogens with zero attached hydrogens (tertiary/aromatic N) is 3. The highest BCUT2D eigenvalue weighted by Gasteiger charge is 2.30. The molecular formula is C42H42Cl8N8O9. The summed E-state index contributed by atoms with van der Waals surface area (Å²) in [6.07, 6.45) is -2.64. The van der Waals surface area contributed by atoms with Crippen LogP contribution in [0.5, 0.6) is 0 Å². The number of nitrogens with two attached hydrogens (primary N) is 2. The molecule has 0 aliphatic carbocycles. The highest BCUT2D eigenvalue weighted by Crippen LogP contribution is 2.31. The summed E-state index contributed by atoms with van der Waals surface area (Å²) in [5.41, 5.74) is 9.83. The maximum absolute atomic E-state index is 12.8. The lowest BCUT2D eigenvalue weighted by Gasteiger charge is -2.19. The van der Waals surface area contributed by atoms with Crippen molar-refractivity contribution in [2.75, 3.05) is 11.5 Å². The van der Waals surface area contributed by atoms with Gasteiger partial charge in [0.1, 0.15) is 16.8 Å². The van der Waals surface area contributed by atoms with Crippen molar-refractivity contribution in [3.05, 3.63) is 120 Å². The molecular weight excluding hydrogens is 1040 g/mol. The topological polar surface area (TPSA) is 244 Å². The number of benzene rings is 4. The zero-order valence-corrected chi connectivity index (χ0v) is 42.9. The number of hydrogen-bond acceptors (Lipinski definition) is 11. The number of carbonyl (C=O) groups is 3. The highest BCUT2D eigenvalue weighted by molar-refractivity contribution is 6.44. The molecule has 0 radical (unpaired) electrons. The lowest BCUT2D eigenvalue weighted by Crippen LogP contribution is -2.38. The number of nitrogen functional groups attached to an aromatic ring is 2. The second-order valence-electron chi connectivity index (χ2n) is 17.0. The summed E-state index contributed by atoms with van der Waals surface area (Å²) in [7, 11) is 0. The molecule has 0 unspecified atom stereocenters. The number of ether oxygens (including phenoxy) is 3. The summed E-state index contributed by atoms with van der Waals surface area (Å²) in [6.45, 7) is 15.1. The Morgan fingerprint density at radius 1 is 0.433 bits per heavy atom. The first kappa shape index (κ1) is 54.6. The Bertz CT molecular complexity index is 3050. The Morgan fingerprint density at radius 2 is 0.716 bits per heavy atom. The van der Waals surface area contributed by atoms with E-state index in [-0.39, 0.29) is 31.8 Å². The maximum atomic E-state index is 12.8. The molecule has 360 valence electrons. The first-order valence-corrected chi connectivity index (χ1v) is 22.2. The van der Waals surface area contributed by atoms with Crippen molar-refractivity contribution in [2.45, 2.75) is 79.1 Å². The van der Waals surface area contributed by atoms with Crippen LogP contribution >= 0.6 is 92.8 Å². The van der Waals surface area contributed by atoms with Gasteiger partial charge in [0.2, 0.25) is 0 Å². The second-order valence-corrected chi connectivity index (χ2v) is 20.2. The first-order chi connectivity index (χ1) is 30.7. The molecule has 67 heavy (non-hydrogen) atoms. The van der Waals surface area contributed by atoms with Gasteiger partial charge in [-0.05, 0) is 111 Å². The number of aromatic amines is 3. The van der Waals surface area contributed by atoms with E-state index in [9.17, 15) is 28.8 Å². The van der Waals surface area contributed by atoms with Crippen LogP contribution < -0.4 is 28.5 Å². The molecule has 4 aromatic carbocycles. The summed E-state index contributed by atoms with van der Waals surface area (Å²) < 4.78 is 18.0. The number of rotatable bonds is 0. The molecule has 0 bridgehead atoms. The standard InChI is InChI=1S/C17H20Cl2N2O5.C12H12Cl2N2O3.C7H4Cl2N2O.C6H6Cl2N2/c1-16(2,3)25-14(23)20-11-7-9(18)10(19)8-12(11)21(13(20)22)15(24)26-17(4,5)6;1-12(2,3)19-11(18)16-9-5-7(14)6(13)4-8(9)15-10(16)17;8-3-1-5-6(2-4(3)9)11-7(12)10-5;7-3-1-5(9)6(10)2-4(3)8/h7-8H,1-6H3;4-5H,1-3H3,(H,15,17);1-2H,(H2,10,11,12);1-2H,9-10H2. The molecule has 0 saturated heterocycles. The molecule has 0 aliphatic rings. The van der Waals surface area contributed by atoms with Gasteiger partial charge in [-0.2, -0.15) is 13.7 Å². The van der Waals surface area contributed by atoms with Crippen LogP contribution in [0.4, 0.5) is 25.8 Å². The van der Waals surface area contributed by atoms with Crippen molar-refractivity contribution in [3.63, 3.8) is 0 Å². The molecule has 17 nitrogen and oxygen atoms in total. The first-order valence-electron chi connectivity index (χ1n) is 19.2. The quantitative estimate of drug-likeness (QED) is 0.0706. The van der Waals surface area contributed by atoms with Crippen molar-refractivity contribution in [3.8, 4) is 0 Å². The van der Waals surface area contributed by atoms with Gasteiger partial charge in [-0.25, -0.2) is 28.8 Å². The van der Waals surface area contributed by atoms with E-state index in [1.807, 2.05) is 0 Å². The van der Waals surface area contributed by atoms with Crippen LogP contribution in [-0.4, -0.2) is 63.7 Å². The molecule has 0 fully saturated rings. The van der Waals surface area contributed by atoms with Gasteiger partial charge in [0.15, 0.2) is 0 Å². The van der Waals surface area contributed by atoms with Crippen LogP contribution in [-0.2, 0) is 14.2 Å². The van der Waals surface area contributed by atoms with Crippen molar-refractivity contribution in [1.82, 2.24) is 28.7 Å². The van der Waals surface area contributed by atoms with E-state index in [1.54, 1.807) is 74.4 Å². The van der Waals surface area contributed by atoms with Crippen molar-refractivity contribution in [1.29, 1.82) is 0 Å². The largest absolute Gasteiger partial charge is 0.443 e. The van der Waals surface area contributed by atoms with Crippen molar-refractivity contribution >= 4 is 156 Å². The number of anilines is 2. The van der Waals surface area contributed by atoms with Gasteiger partial charge in [0.05, 0.1) is 84.7 Å². The van der Waals surface area contributed by atoms with Crippen LogP contribution in [0.1, 0.15) is 62.3 Å². The van der Waals surface area contributed by atoms with Gasteiger partial charge >= 0.3 is 35.3 Å². The van der Waals surface area contributed by atoms with Crippen LogP contribution in [0.2, 0.25) is 40.2 Å². The van der Waals surface area contributed by atoms with E-state index < -0.39 is 46.5 Å². The van der Waals surface area contributed by atoms with Gasteiger partial charge in [0, 0.05) is 0 Å². The molecule has 3 heterocycles. The summed E-state index contributed by atoms with van der Waals surface area (Å²) in [5, 5.41) is 2.51. The van der Waals surface area contributed by atoms with E-state index in [2.05, 4.69) is 15.0 Å². The van der Waals surface area contributed by atoms with Gasteiger partial charge in [-0.1, -0.05) is 92.8 Å². The summed E-state index contributed by atoms with van der Waals surface area (Å²) in [6, 6.07) is 11.9. The third kappa shape index (κ3) is 14.3. The average molecular weight is 1090 g/mol. The van der Waals surface area contributed by atoms with Crippen LogP contribution in [0, 0.1) is 0 Å². The fraction of sp³-hybridized carbons (Fsp3) is 0.286. The number of H-pyrrole nitrogens is 3. The summed E-state index contributed by atoms with van der Waals surface area (Å²) >= 11 is 46.5. The van der Waals surface area contributed by atoms with Crippen molar-refractivity contribution < 1.29 is 28.6 Å². The molecule has 0 amide bonds. The normalized spacial score (nSPS) is 11.5. The van der Waals surface area contributed by atoms with Crippen LogP contribution in [0.3, 0.4) is 0 Å². The van der Waals surface area contributed by atoms with E-state index in [0.717, 1.165) is 13.7 Å². The third-order valence-corrected chi connectivity index (χ3v) is 10.9. The zero-order chi connectivity index (χ0) is 50.8. The highest BCUT2D eigenvalue weighted by atomic mass is 35.5. The second kappa shape index (κ2) is 21.1. The number of nitrogens with one attached hydrogen (secondary N) is 3. The smallest absolute Gasteiger partial charge is 0.423 e. The lowest BCUT2D eigenvalue weighted by molar-refractivity contribution is 0.0509. The van der Waals surface area contributed by atoms with Crippen LogP contribution in [0.25, 0.3) is 33.1 Å². The van der Waals surface area contributed by atoms with E-state index in [0.29, 0.717) is 58.6 Å². The van der Waals surface area contributed by atoms with Crippen molar-refractivity contribution in [2.24, 2.45) is 0 Å². The average Bonchev–Trinajstić information content (AvgIpc) is 3.77. The van der Waals surface area contributed by atoms with Crippen LogP contribution in [0.15, 0.2) is 62.9 Å². The number of fused-ring (bicyclic) bond motifs is 3. The Kier molecular flexibility index (Phi) is 17.2. The summed E-state index contributed by atoms with van der Waals surface area (Å²) in [4.78, 5) is 80.1. The molecule has 0 aliphatic heterocycles. The minimum atomic E-state index is -0.937. The van der Waals surface area contributed by atoms with Gasteiger partial charge in [0.25, 0.3) is 0 Å². The van der Waals surface area contributed by atoms with E-state index >= 15 is 0 Å². The Balaban J connectivity index is 0.000000208. The van der Waals surface area contributed by atoms with E-state index in [1.165, 1.54) is 36.4 Å². The minimum absolute atomic E-state index is 0.0875. The fourth-order valence-electron chi connectivity index (χ4n) is 5.36. The molecule has 7 N–H and O–H groups in total. The number of halogens is 8. The predicted octanol–water partition coefficient (Wildman–Crippen LogP) is 12.4. The fourth-order valence-corrected chi connectivity index (χ4v) is 6.67. The molecule has 7 rings (SSSR count). The lowest BCUT2D eigenvalue weighted by atomic mass is 10.2. The third-order valence-electron chi connectivity index (χ3n) is 8.02. The zero-order valence-electron chi connectivity index (χ0n) is 36.8. The number of carbonyl (C=O) groups excluding carboxylic acids is 3. The SMILES string of the molecule is CC(C)(C)OC(=O)n1c(=O)[nH]c2cc(Cl)c(Cl)cc21.CC(C)(C)OC(=O)n1c(=O)n(C(=O)OC(C)(C)C)c2cc(Cl)c(Cl)cc21.Nc1cc(Cl)c(Cl)cc1N.O=c1[nH]c2cc(Cl)c(Cl)cc2[nH]1. The monoisotopic (exact) mass is 1080 g/mol. The van der Waals surface area contributed by atoms with Gasteiger partial charge in [-0.15, -0.1) is 0 Å². The molecule has 0 atom stereocenters. The Hall–Kier alpha value is -4.98. The number of aromatic nitrogens is 6. The number of imidazole rings is 3. The summed E-state index contributed by atoms with van der Waals surface area (Å²) in [5.74, 6) is 0. The predicted molar refractivity (Wildman–Crippen MR) is 268 cm³/mol. The minimum Gasteiger partial charge on any atom is -0.443 e. The van der Waals surface area contributed by atoms with E-state index in [4.69, 9.17) is 118 Å². The molecule has 0 saturated carbocycles.